The smallest absolute Gasteiger partial charge is 0.417 e. The molecule has 16 heavy (non-hydrogen) atoms. The Bertz CT molecular complexity index is 289. The first-order chi connectivity index (χ1) is 7.38. The van der Waals surface area contributed by atoms with Crippen molar-refractivity contribution >= 4 is 0 Å². The number of halogens is 3. The molecule has 2 aliphatic carbocycles. The molecule has 0 radical (unpaired) electrons. The van der Waals surface area contributed by atoms with Gasteiger partial charge in [-0.05, 0) is 37.0 Å². The molecule has 2 saturated carbocycles. The van der Waals surface area contributed by atoms with Crippen LogP contribution in [0.3, 0.4) is 0 Å². The largest absolute Gasteiger partial charge is 0.502 e. The quantitative estimate of drug-likeness (QED) is 0.763. The Kier molecular flexibility index (Phi) is 2.69. The Balaban J connectivity index is 2.02. The van der Waals surface area contributed by atoms with Crippen LogP contribution in [0.4, 0.5) is 13.2 Å². The Morgan fingerprint density at radius 3 is 2.56 bits per heavy atom. The summed E-state index contributed by atoms with van der Waals surface area (Å²) in [6.07, 6.45) is -2.51. The number of fused-ring (bicyclic) bond motifs is 2. The lowest BCUT2D eigenvalue weighted by molar-refractivity contribution is -0.279. The first kappa shape index (κ1) is 11.8. The van der Waals surface area contributed by atoms with Crippen molar-refractivity contribution in [1.29, 1.82) is 0 Å². The second-order valence-corrected chi connectivity index (χ2v) is 4.81. The van der Waals surface area contributed by atoms with Crippen LogP contribution in [-0.4, -0.2) is 23.5 Å². The molecule has 0 aromatic carbocycles. The van der Waals surface area contributed by atoms with E-state index in [0.29, 0.717) is 19.4 Å². The molecule has 0 aromatic heterocycles. The van der Waals surface area contributed by atoms with Gasteiger partial charge in [0.2, 0.25) is 0 Å². The topological polar surface area (TPSA) is 29.5 Å². The third kappa shape index (κ3) is 1.61. The SMILES string of the molecule is C=COCC1CC2CC1CC2(O)C(F)(F)F. The van der Waals surface area contributed by atoms with Crippen molar-refractivity contribution in [3.8, 4) is 0 Å². The minimum absolute atomic E-state index is 0.0726. The normalized spacial score (nSPS) is 42.4. The molecule has 5 heteroatoms. The molecule has 4 unspecified atom stereocenters. The summed E-state index contributed by atoms with van der Waals surface area (Å²) in [6, 6.07) is 0. The van der Waals surface area contributed by atoms with Crippen molar-refractivity contribution in [3.05, 3.63) is 12.8 Å². The van der Waals surface area contributed by atoms with Gasteiger partial charge in [-0.15, -0.1) is 0 Å². The van der Waals surface area contributed by atoms with Crippen LogP contribution in [0, 0.1) is 17.8 Å². The average Bonchev–Trinajstić information content (AvgIpc) is 2.70. The van der Waals surface area contributed by atoms with E-state index in [1.165, 1.54) is 6.26 Å². The van der Waals surface area contributed by atoms with E-state index in [1.807, 2.05) is 0 Å². The van der Waals surface area contributed by atoms with Crippen molar-refractivity contribution in [2.24, 2.45) is 17.8 Å². The van der Waals surface area contributed by atoms with Gasteiger partial charge in [0.1, 0.15) is 0 Å². The maximum atomic E-state index is 12.7. The van der Waals surface area contributed by atoms with Crippen LogP contribution in [0.1, 0.15) is 19.3 Å². The highest BCUT2D eigenvalue weighted by atomic mass is 19.4. The van der Waals surface area contributed by atoms with Gasteiger partial charge in [-0.2, -0.15) is 13.2 Å². The summed E-state index contributed by atoms with van der Waals surface area (Å²) in [4.78, 5) is 0. The Labute approximate surface area is 92.1 Å². The van der Waals surface area contributed by atoms with Gasteiger partial charge in [0.05, 0.1) is 12.9 Å². The molecule has 0 aliphatic heterocycles. The van der Waals surface area contributed by atoms with Crippen molar-refractivity contribution < 1.29 is 23.0 Å². The van der Waals surface area contributed by atoms with Crippen molar-refractivity contribution in [1.82, 2.24) is 0 Å². The van der Waals surface area contributed by atoms with E-state index in [2.05, 4.69) is 6.58 Å². The average molecular weight is 236 g/mol. The van der Waals surface area contributed by atoms with Gasteiger partial charge in [0, 0.05) is 0 Å². The van der Waals surface area contributed by atoms with Gasteiger partial charge in [-0.1, -0.05) is 6.58 Å². The zero-order chi connectivity index (χ0) is 12.0. The maximum absolute atomic E-state index is 12.7. The standard InChI is InChI=1S/C11H15F3O2/c1-2-16-6-8-4-9-3-7(8)5-10(9,15)11(12,13)14/h2,7-9,15H,1,3-6H2. The second kappa shape index (κ2) is 3.65. The summed E-state index contributed by atoms with van der Waals surface area (Å²) < 4.78 is 43.1. The van der Waals surface area contributed by atoms with Crippen LogP contribution >= 0.6 is 0 Å². The highest BCUT2D eigenvalue weighted by Gasteiger charge is 2.66. The van der Waals surface area contributed by atoms with Crippen molar-refractivity contribution in [2.45, 2.75) is 31.0 Å². The third-order valence-electron chi connectivity index (χ3n) is 4.01. The summed E-state index contributed by atoms with van der Waals surface area (Å²) in [5.41, 5.74) is -2.46. The highest BCUT2D eigenvalue weighted by Crippen LogP contribution is 2.58. The molecule has 4 atom stereocenters. The minimum atomic E-state index is -4.50. The molecule has 0 saturated heterocycles. The van der Waals surface area contributed by atoms with Gasteiger partial charge in [-0.3, -0.25) is 0 Å². The molecule has 2 aliphatic rings. The fourth-order valence-corrected chi connectivity index (χ4v) is 3.16. The van der Waals surface area contributed by atoms with E-state index in [-0.39, 0.29) is 18.3 Å². The summed E-state index contributed by atoms with van der Waals surface area (Å²) in [5.74, 6) is -0.599. The van der Waals surface area contributed by atoms with Crippen LogP contribution in [0.15, 0.2) is 12.8 Å². The highest BCUT2D eigenvalue weighted by molar-refractivity contribution is 5.07. The first-order valence-electron chi connectivity index (χ1n) is 5.40. The molecule has 2 fully saturated rings. The number of hydrogen-bond donors (Lipinski definition) is 1. The van der Waals surface area contributed by atoms with Crippen LogP contribution < -0.4 is 0 Å². The predicted octanol–water partition coefficient (Wildman–Crippen LogP) is 2.49. The van der Waals surface area contributed by atoms with E-state index in [9.17, 15) is 18.3 Å². The maximum Gasteiger partial charge on any atom is 0.417 e. The molecule has 92 valence electrons. The van der Waals surface area contributed by atoms with Crippen LogP contribution in [0.2, 0.25) is 0 Å². The van der Waals surface area contributed by atoms with E-state index in [4.69, 9.17) is 4.74 Å². The lowest BCUT2D eigenvalue weighted by Gasteiger charge is -2.36. The van der Waals surface area contributed by atoms with Crippen LogP contribution in [-0.2, 0) is 4.74 Å². The molecule has 2 bridgehead atoms. The second-order valence-electron chi connectivity index (χ2n) is 4.81. The van der Waals surface area contributed by atoms with Crippen LogP contribution in [0.5, 0.6) is 0 Å². The summed E-state index contributed by atoms with van der Waals surface area (Å²) in [6.45, 7) is 3.82. The van der Waals surface area contributed by atoms with Gasteiger partial charge in [-0.25, -0.2) is 0 Å². The predicted molar refractivity (Wildman–Crippen MR) is 51.5 cm³/mol. The van der Waals surface area contributed by atoms with E-state index in [0.717, 1.165) is 0 Å². The van der Waals surface area contributed by atoms with E-state index < -0.39 is 17.7 Å². The zero-order valence-corrected chi connectivity index (χ0v) is 8.83. The van der Waals surface area contributed by atoms with Gasteiger partial charge in [0.15, 0.2) is 5.60 Å². The summed E-state index contributed by atoms with van der Waals surface area (Å²) in [5, 5.41) is 9.68. The third-order valence-corrected chi connectivity index (χ3v) is 4.01. The Morgan fingerprint density at radius 2 is 2.12 bits per heavy atom. The molecule has 0 aromatic rings. The molecule has 0 amide bonds. The monoisotopic (exact) mass is 236 g/mol. The van der Waals surface area contributed by atoms with Gasteiger partial charge >= 0.3 is 6.18 Å². The molecular weight excluding hydrogens is 221 g/mol. The van der Waals surface area contributed by atoms with E-state index >= 15 is 0 Å². The fourth-order valence-electron chi connectivity index (χ4n) is 3.16. The lowest BCUT2D eigenvalue weighted by atomic mass is 9.78. The summed E-state index contributed by atoms with van der Waals surface area (Å²) >= 11 is 0. The number of rotatable bonds is 3. The van der Waals surface area contributed by atoms with Gasteiger partial charge in [0.25, 0.3) is 0 Å². The lowest BCUT2D eigenvalue weighted by Crippen LogP contribution is -2.50. The molecule has 0 spiro atoms. The Hall–Kier alpha value is -0.710. The molecular formula is C11H15F3O2. The van der Waals surface area contributed by atoms with E-state index in [1.54, 1.807) is 0 Å². The van der Waals surface area contributed by atoms with Crippen LogP contribution in [0.25, 0.3) is 0 Å². The molecule has 2 rings (SSSR count). The first-order valence-corrected chi connectivity index (χ1v) is 5.40. The molecule has 1 N–H and O–H groups in total. The molecule has 2 nitrogen and oxygen atoms in total. The number of alkyl halides is 3. The number of hydrogen-bond acceptors (Lipinski definition) is 2. The van der Waals surface area contributed by atoms with Gasteiger partial charge < -0.3 is 9.84 Å². The van der Waals surface area contributed by atoms with Crippen molar-refractivity contribution in [3.63, 3.8) is 0 Å². The number of ether oxygens (including phenoxy) is 1. The summed E-state index contributed by atoms with van der Waals surface area (Å²) in [7, 11) is 0. The number of aliphatic hydroxyl groups is 1. The zero-order valence-electron chi connectivity index (χ0n) is 8.83. The minimum Gasteiger partial charge on any atom is -0.502 e. The molecule has 0 heterocycles. The fraction of sp³-hybridized carbons (Fsp3) is 0.818. The Morgan fingerprint density at radius 1 is 1.44 bits per heavy atom. The van der Waals surface area contributed by atoms with Crippen molar-refractivity contribution in [2.75, 3.05) is 6.61 Å².